The van der Waals surface area contributed by atoms with E-state index in [1.54, 1.807) is 11.3 Å². The number of nitrogens with zero attached hydrogens (tertiary/aromatic N) is 1. The minimum absolute atomic E-state index is 0.0192. The topological polar surface area (TPSA) is 32.3 Å². The van der Waals surface area contributed by atoms with Gasteiger partial charge in [-0.3, -0.25) is 9.69 Å². The highest BCUT2D eigenvalue weighted by molar-refractivity contribution is 14.1. The maximum absolute atomic E-state index is 12.4. The van der Waals surface area contributed by atoms with Gasteiger partial charge in [0.25, 0.3) is 5.91 Å². The molecule has 0 aliphatic carbocycles. The van der Waals surface area contributed by atoms with Crippen LogP contribution in [0.5, 0.6) is 0 Å². The third-order valence-corrected chi connectivity index (χ3v) is 5.94. The third-order valence-electron chi connectivity index (χ3n) is 4.03. The van der Waals surface area contributed by atoms with E-state index in [0.29, 0.717) is 12.6 Å². The zero-order chi connectivity index (χ0) is 15.4. The lowest BCUT2D eigenvalue weighted by atomic mass is 10.2. The molecule has 2 heterocycles. The van der Waals surface area contributed by atoms with Crippen LogP contribution in [0.1, 0.15) is 34.1 Å². The van der Waals surface area contributed by atoms with Crippen LogP contribution in [0.25, 0.3) is 0 Å². The zero-order valence-electron chi connectivity index (χ0n) is 12.3. The third kappa shape index (κ3) is 3.70. The maximum Gasteiger partial charge on any atom is 0.252 e. The number of rotatable bonds is 5. The van der Waals surface area contributed by atoms with Gasteiger partial charge in [0.1, 0.15) is 0 Å². The zero-order valence-corrected chi connectivity index (χ0v) is 15.3. The highest BCUT2D eigenvalue weighted by Crippen LogP contribution is 2.28. The molecule has 0 unspecified atom stereocenters. The van der Waals surface area contributed by atoms with Crippen molar-refractivity contribution in [2.24, 2.45) is 0 Å². The van der Waals surface area contributed by atoms with E-state index in [1.807, 2.05) is 24.3 Å². The molecule has 1 amide bonds. The summed E-state index contributed by atoms with van der Waals surface area (Å²) in [5.41, 5.74) is 0.759. The first-order chi connectivity index (χ1) is 10.8. The van der Waals surface area contributed by atoms with Crippen LogP contribution in [-0.2, 0) is 0 Å². The Morgan fingerprint density at radius 3 is 2.68 bits per heavy atom. The molecule has 0 radical (unpaired) electrons. The number of hydrogen-bond acceptors (Lipinski definition) is 3. The van der Waals surface area contributed by atoms with Gasteiger partial charge in [-0.15, -0.1) is 11.3 Å². The molecule has 1 N–H and O–H groups in total. The van der Waals surface area contributed by atoms with E-state index >= 15 is 0 Å². The van der Waals surface area contributed by atoms with Crippen LogP contribution in [0.15, 0.2) is 41.8 Å². The van der Waals surface area contributed by atoms with Crippen LogP contribution in [0, 0.1) is 3.57 Å². The molecule has 1 aromatic carbocycles. The Kier molecular flexibility index (Phi) is 5.49. The minimum Gasteiger partial charge on any atom is -0.350 e. The van der Waals surface area contributed by atoms with Gasteiger partial charge in [0, 0.05) is 15.0 Å². The molecule has 0 spiro atoms. The maximum atomic E-state index is 12.4. The summed E-state index contributed by atoms with van der Waals surface area (Å²) in [5, 5.41) is 5.24. The molecule has 0 bridgehead atoms. The number of thiophene rings is 1. The van der Waals surface area contributed by atoms with E-state index in [2.05, 4.69) is 50.3 Å². The molecule has 3 nitrogen and oxygen atoms in total. The van der Waals surface area contributed by atoms with Crippen molar-refractivity contribution < 1.29 is 4.79 Å². The van der Waals surface area contributed by atoms with Crippen LogP contribution >= 0.6 is 33.9 Å². The fraction of sp³-hybridized carbons (Fsp3) is 0.353. The molecule has 5 heteroatoms. The van der Waals surface area contributed by atoms with Crippen LogP contribution in [0.3, 0.4) is 0 Å². The van der Waals surface area contributed by atoms with Crippen molar-refractivity contribution in [3.8, 4) is 0 Å². The highest BCUT2D eigenvalue weighted by Gasteiger charge is 2.24. The number of halogens is 1. The van der Waals surface area contributed by atoms with Gasteiger partial charge in [-0.25, -0.2) is 0 Å². The second-order valence-electron chi connectivity index (χ2n) is 5.46. The number of carbonyl (C=O) groups is 1. The van der Waals surface area contributed by atoms with E-state index in [-0.39, 0.29) is 5.91 Å². The average molecular weight is 426 g/mol. The van der Waals surface area contributed by atoms with Gasteiger partial charge in [-0.05, 0) is 72.1 Å². The van der Waals surface area contributed by atoms with Crippen molar-refractivity contribution in [2.75, 3.05) is 19.6 Å². The number of hydrogen-bond donors (Lipinski definition) is 1. The molecule has 1 aliphatic rings. The second kappa shape index (κ2) is 7.57. The Bertz CT molecular complexity index is 623. The molecule has 1 saturated heterocycles. The molecule has 1 aliphatic heterocycles. The fourth-order valence-corrected chi connectivity index (χ4v) is 4.37. The van der Waals surface area contributed by atoms with Crippen LogP contribution < -0.4 is 5.32 Å². The lowest BCUT2D eigenvalue weighted by Crippen LogP contribution is -2.36. The lowest BCUT2D eigenvalue weighted by Gasteiger charge is -2.27. The normalized spacial score (nSPS) is 16.6. The highest BCUT2D eigenvalue weighted by atomic mass is 127. The first-order valence-corrected chi connectivity index (χ1v) is 9.52. The number of benzene rings is 1. The molecule has 3 rings (SSSR count). The molecule has 1 atom stereocenters. The number of nitrogens with one attached hydrogen (secondary N) is 1. The quantitative estimate of drug-likeness (QED) is 0.736. The predicted octanol–water partition coefficient (Wildman–Crippen LogP) is 3.92. The Balaban J connectivity index is 1.69. The van der Waals surface area contributed by atoms with Gasteiger partial charge in [0.2, 0.25) is 0 Å². The lowest BCUT2D eigenvalue weighted by molar-refractivity contribution is 0.0937. The molecule has 2 aromatic rings. The van der Waals surface area contributed by atoms with Crippen molar-refractivity contribution in [1.82, 2.24) is 10.2 Å². The van der Waals surface area contributed by atoms with Gasteiger partial charge < -0.3 is 5.32 Å². The van der Waals surface area contributed by atoms with Gasteiger partial charge in [0.15, 0.2) is 0 Å². The van der Waals surface area contributed by atoms with E-state index < -0.39 is 0 Å². The molecular weight excluding hydrogens is 407 g/mol. The van der Waals surface area contributed by atoms with Crippen molar-refractivity contribution in [3.05, 3.63) is 55.8 Å². The van der Waals surface area contributed by atoms with Crippen LogP contribution in [0.2, 0.25) is 0 Å². The standard InChI is InChI=1S/C17H19IN2OS/c18-14-7-2-1-6-13(14)17(21)19-12-15(16-8-5-11-22-16)20-9-3-4-10-20/h1-2,5-8,11,15H,3-4,9-10,12H2,(H,19,21)/t15-/m1/s1. The summed E-state index contributed by atoms with van der Waals surface area (Å²) in [7, 11) is 0. The molecule has 1 fully saturated rings. The Morgan fingerprint density at radius 1 is 1.23 bits per heavy atom. The summed E-state index contributed by atoms with van der Waals surface area (Å²) in [4.78, 5) is 16.2. The number of carbonyl (C=O) groups excluding carboxylic acids is 1. The summed E-state index contributed by atoms with van der Waals surface area (Å²) >= 11 is 3.99. The first kappa shape index (κ1) is 16.0. The average Bonchev–Trinajstić information content (AvgIpc) is 3.21. The minimum atomic E-state index is 0.0192. The van der Waals surface area contributed by atoms with Gasteiger partial charge in [-0.1, -0.05) is 18.2 Å². The monoisotopic (exact) mass is 426 g/mol. The van der Waals surface area contributed by atoms with Crippen LogP contribution in [0.4, 0.5) is 0 Å². The summed E-state index contributed by atoms with van der Waals surface area (Å²) in [5.74, 6) is 0.0192. The first-order valence-electron chi connectivity index (χ1n) is 7.56. The van der Waals surface area contributed by atoms with Crippen molar-refractivity contribution in [1.29, 1.82) is 0 Å². The van der Waals surface area contributed by atoms with E-state index in [1.165, 1.54) is 17.7 Å². The largest absolute Gasteiger partial charge is 0.350 e. The van der Waals surface area contributed by atoms with Crippen LogP contribution in [-0.4, -0.2) is 30.4 Å². The summed E-state index contributed by atoms with van der Waals surface area (Å²) in [6, 6.07) is 12.3. The van der Waals surface area contributed by atoms with Crippen molar-refractivity contribution in [2.45, 2.75) is 18.9 Å². The summed E-state index contributed by atoms with van der Waals surface area (Å²) in [6.45, 7) is 2.92. The Hall–Kier alpha value is -0.920. The smallest absolute Gasteiger partial charge is 0.252 e. The van der Waals surface area contributed by atoms with E-state index in [4.69, 9.17) is 0 Å². The summed E-state index contributed by atoms with van der Waals surface area (Å²) in [6.07, 6.45) is 2.51. The SMILES string of the molecule is O=C(NC[C@H](c1cccs1)N1CCCC1)c1ccccc1I. The van der Waals surface area contributed by atoms with Crippen molar-refractivity contribution >= 4 is 39.8 Å². The summed E-state index contributed by atoms with van der Waals surface area (Å²) < 4.78 is 0.992. The molecule has 1 aromatic heterocycles. The van der Waals surface area contributed by atoms with Gasteiger partial charge in [0.05, 0.1) is 11.6 Å². The number of amides is 1. The predicted molar refractivity (Wildman–Crippen MR) is 99.4 cm³/mol. The number of likely N-dealkylation sites (tertiary alicyclic amines) is 1. The second-order valence-corrected chi connectivity index (χ2v) is 7.61. The molecular formula is C17H19IN2OS. The molecule has 116 valence electrons. The molecule has 22 heavy (non-hydrogen) atoms. The fourth-order valence-electron chi connectivity index (χ4n) is 2.87. The van der Waals surface area contributed by atoms with Gasteiger partial charge >= 0.3 is 0 Å². The Morgan fingerprint density at radius 2 is 2.00 bits per heavy atom. The molecule has 0 saturated carbocycles. The van der Waals surface area contributed by atoms with Gasteiger partial charge in [-0.2, -0.15) is 0 Å². The van der Waals surface area contributed by atoms with E-state index in [0.717, 1.165) is 22.2 Å². The van der Waals surface area contributed by atoms with Crippen molar-refractivity contribution in [3.63, 3.8) is 0 Å². The Labute approximate surface area is 148 Å². The van der Waals surface area contributed by atoms with E-state index in [9.17, 15) is 4.79 Å².